The maximum atomic E-state index is 12.5. The first-order valence-corrected chi connectivity index (χ1v) is 12.0. The number of aryl methyl sites for hydroxylation is 1. The smallest absolute Gasteiger partial charge is 0.341 e. The quantitative estimate of drug-likeness (QED) is 0.321. The zero-order valence-electron chi connectivity index (χ0n) is 18.8. The van der Waals surface area contributed by atoms with Crippen molar-refractivity contribution in [2.45, 2.75) is 25.6 Å². The Hall–Kier alpha value is -3.09. The van der Waals surface area contributed by atoms with Gasteiger partial charge in [0.15, 0.2) is 11.0 Å². The highest BCUT2D eigenvalue weighted by atomic mass is 35.5. The number of nitrogens with one attached hydrogen (secondary N) is 1. The van der Waals surface area contributed by atoms with Crippen LogP contribution in [0.1, 0.15) is 37.0 Å². The molecule has 0 bridgehead atoms. The number of primary amides is 1. The van der Waals surface area contributed by atoms with Crippen LogP contribution in [0, 0.1) is 13.8 Å². The number of methoxy groups -OCH3 is 1. The second-order valence-electron chi connectivity index (χ2n) is 7.11. The average Bonchev–Trinajstić information content (AvgIpc) is 3.30. The van der Waals surface area contributed by atoms with Crippen LogP contribution in [0.25, 0.3) is 0 Å². The molecule has 180 valence electrons. The summed E-state index contributed by atoms with van der Waals surface area (Å²) in [5.41, 5.74) is 6.74. The van der Waals surface area contributed by atoms with E-state index in [1.165, 1.54) is 7.11 Å². The molecule has 0 saturated heterocycles. The predicted molar refractivity (Wildman–Crippen MR) is 130 cm³/mol. The molecule has 2 aromatic heterocycles. The molecule has 0 unspecified atom stereocenters. The molecule has 13 heteroatoms. The van der Waals surface area contributed by atoms with Gasteiger partial charge in [-0.25, -0.2) is 4.79 Å². The van der Waals surface area contributed by atoms with Gasteiger partial charge < -0.3 is 25.1 Å². The van der Waals surface area contributed by atoms with Gasteiger partial charge >= 0.3 is 5.97 Å². The molecule has 0 radical (unpaired) electrons. The Morgan fingerprint density at radius 1 is 1.26 bits per heavy atom. The van der Waals surface area contributed by atoms with E-state index in [1.54, 1.807) is 36.7 Å². The summed E-state index contributed by atoms with van der Waals surface area (Å²) in [6.45, 7) is 3.65. The first-order chi connectivity index (χ1) is 16.1. The molecule has 0 saturated carbocycles. The van der Waals surface area contributed by atoms with Crippen molar-refractivity contribution in [3.05, 3.63) is 50.6 Å². The van der Waals surface area contributed by atoms with Gasteiger partial charge in [0, 0.05) is 12.1 Å². The molecule has 0 spiro atoms. The maximum absolute atomic E-state index is 12.5. The number of ether oxygens (including phenoxy) is 2. The van der Waals surface area contributed by atoms with Gasteiger partial charge in [0.25, 0.3) is 5.91 Å². The Bertz CT molecular complexity index is 1260. The van der Waals surface area contributed by atoms with Crippen LogP contribution in [0.15, 0.2) is 23.4 Å². The summed E-state index contributed by atoms with van der Waals surface area (Å²) < 4.78 is 12.3. The Morgan fingerprint density at radius 3 is 2.65 bits per heavy atom. The molecule has 10 nitrogen and oxygen atoms in total. The summed E-state index contributed by atoms with van der Waals surface area (Å²) in [5, 5.41) is 12.2. The van der Waals surface area contributed by atoms with Gasteiger partial charge in [-0.2, -0.15) is 0 Å². The second-order valence-corrected chi connectivity index (χ2v) is 9.51. The lowest BCUT2D eigenvalue weighted by Crippen LogP contribution is -2.16. The number of benzene rings is 1. The SMILES string of the molecule is COC(=O)c1c(NC(=O)CSc2nnc(COc3ccc(Cl)cc3C)n2C)sc(C(N)=O)c1C. The minimum Gasteiger partial charge on any atom is -0.485 e. The highest BCUT2D eigenvalue weighted by molar-refractivity contribution is 7.99. The number of amides is 2. The number of esters is 1. The fourth-order valence-corrected chi connectivity index (χ4v) is 5.01. The summed E-state index contributed by atoms with van der Waals surface area (Å²) in [7, 11) is 2.99. The number of carbonyl (C=O) groups excluding carboxylic acids is 3. The van der Waals surface area contributed by atoms with E-state index in [1.807, 2.05) is 6.92 Å². The van der Waals surface area contributed by atoms with Gasteiger partial charge in [0.1, 0.15) is 17.4 Å². The van der Waals surface area contributed by atoms with Crippen LogP contribution in [0.4, 0.5) is 5.00 Å². The topological polar surface area (TPSA) is 138 Å². The number of hydrogen-bond donors (Lipinski definition) is 2. The zero-order valence-corrected chi connectivity index (χ0v) is 21.2. The normalized spacial score (nSPS) is 10.7. The Labute approximate surface area is 208 Å². The van der Waals surface area contributed by atoms with E-state index in [4.69, 9.17) is 26.8 Å². The number of thioether (sulfide) groups is 1. The van der Waals surface area contributed by atoms with E-state index in [0.29, 0.717) is 27.3 Å². The van der Waals surface area contributed by atoms with Crippen LogP contribution in [-0.4, -0.2) is 45.4 Å². The zero-order chi connectivity index (χ0) is 25.0. The van der Waals surface area contributed by atoms with E-state index in [-0.39, 0.29) is 27.8 Å². The molecular formula is C21H22ClN5O5S2. The fourth-order valence-electron chi connectivity index (χ4n) is 2.99. The van der Waals surface area contributed by atoms with Crippen molar-refractivity contribution in [2.24, 2.45) is 12.8 Å². The highest BCUT2D eigenvalue weighted by Crippen LogP contribution is 2.33. The molecule has 34 heavy (non-hydrogen) atoms. The van der Waals surface area contributed by atoms with Gasteiger partial charge in [0.2, 0.25) is 5.91 Å². The first-order valence-electron chi connectivity index (χ1n) is 9.83. The molecule has 0 atom stereocenters. The third-order valence-electron chi connectivity index (χ3n) is 4.76. The largest absolute Gasteiger partial charge is 0.485 e. The molecule has 0 fully saturated rings. The average molecular weight is 524 g/mol. The molecule has 3 aromatic rings. The molecule has 3 rings (SSSR count). The number of rotatable bonds is 9. The molecule has 2 heterocycles. The summed E-state index contributed by atoms with van der Waals surface area (Å²) in [6.07, 6.45) is 0. The lowest BCUT2D eigenvalue weighted by Gasteiger charge is -2.09. The molecule has 3 N–H and O–H groups in total. The summed E-state index contributed by atoms with van der Waals surface area (Å²) >= 11 is 8.06. The van der Waals surface area contributed by atoms with Crippen molar-refractivity contribution < 1.29 is 23.9 Å². The molecule has 1 aromatic carbocycles. The van der Waals surface area contributed by atoms with Gasteiger partial charge in [0.05, 0.1) is 23.3 Å². The van der Waals surface area contributed by atoms with Crippen LogP contribution in [0.3, 0.4) is 0 Å². The van der Waals surface area contributed by atoms with E-state index >= 15 is 0 Å². The molecule has 0 aliphatic rings. The maximum Gasteiger partial charge on any atom is 0.341 e. The Kier molecular flexibility index (Phi) is 8.18. The fraction of sp³-hybridized carbons (Fsp3) is 0.286. The second kappa shape index (κ2) is 10.9. The number of halogens is 1. The number of nitrogens with two attached hydrogens (primary N) is 1. The van der Waals surface area contributed by atoms with Crippen LogP contribution in [0.5, 0.6) is 5.75 Å². The highest BCUT2D eigenvalue weighted by Gasteiger charge is 2.25. The molecular weight excluding hydrogens is 502 g/mol. The van der Waals surface area contributed by atoms with E-state index in [9.17, 15) is 14.4 Å². The van der Waals surface area contributed by atoms with Crippen molar-refractivity contribution in [1.82, 2.24) is 14.8 Å². The molecule has 2 amide bonds. The number of hydrogen-bond acceptors (Lipinski definition) is 9. The Balaban J connectivity index is 1.64. The summed E-state index contributed by atoms with van der Waals surface area (Å²) in [5.74, 6) is -0.505. The van der Waals surface area contributed by atoms with E-state index in [2.05, 4.69) is 15.5 Å². The number of anilines is 1. The number of carbonyl (C=O) groups is 3. The van der Waals surface area contributed by atoms with Crippen molar-refractivity contribution in [3.8, 4) is 5.75 Å². The van der Waals surface area contributed by atoms with Crippen LogP contribution < -0.4 is 15.8 Å². The van der Waals surface area contributed by atoms with E-state index < -0.39 is 17.8 Å². The third-order valence-corrected chi connectivity index (χ3v) is 7.24. The predicted octanol–water partition coefficient (Wildman–Crippen LogP) is 3.34. The molecule has 0 aliphatic carbocycles. The minimum atomic E-state index is -0.690. The van der Waals surface area contributed by atoms with Crippen LogP contribution in [0.2, 0.25) is 5.02 Å². The van der Waals surface area contributed by atoms with Gasteiger partial charge in [-0.3, -0.25) is 9.59 Å². The minimum absolute atomic E-state index is 0.00735. The van der Waals surface area contributed by atoms with Crippen molar-refractivity contribution in [1.29, 1.82) is 0 Å². The monoisotopic (exact) mass is 523 g/mol. The summed E-state index contributed by atoms with van der Waals surface area (Å²) in [4.78, 5) is 36.5. The Morgan fingerprint density at radius 2 is 2.00 bits per heavy atom. The lowest BCUT2D eigenvalue weighted by molar-refractivity contribution is -0.113. The lowest BCUT2D eigenvalue weighted by atomic mass is 10.1. The van der Waals surface area contributed by atoms with Crippen molar-refractivity contribution >= 4 is 57.5 Å². The van der Waals surface area contributed by atoms with Crippen molar-refractivity contribution in [2.75, 3.05) is 18.2 Å². The van der Waals surface area contributed by atoms with Crippen molar-refractivity contribution in [3.63, 3.8) is 0 Å². The third kappa shape index (κ3) is 5.69. The standard InChI is InChI=1S/C21H22ClN5O5S2/c1-10-7-12(22)5-6-13(10)32-8-14-25-26-21(27(14)3)33-9-15(28)24-19-16(20(30)31-4)11(2)17(34-19)18(23)29/h5-7H,8-9H2,1-4H3,(H2,23,29)(H,24,28). The van der Waals surface area contributed by atoms with Crippen LogP contribution in [-0.2, 0) is 23.2 Å². The van der Waals surface area contributed by atoms with Gasteiger partial charge in [-0.1, -0.05) is 23.4 Å². The van der Waals surface area contributed by atoms with Gasteiger partial charge in [-0.15, -0.1) is 21.5 Å². The van der Waals surface area contributed by atoms with E-state index in [0.717, 1.165) is 28.7 Å². The summed E-state index contributed by atoms with van der Waals surface area (Å²) in [6, 6.07) is 5.33. The van der Waals surface area contributed by atoms with Crippen LogP contribution >= 0.6 is 34.7 Å². The molecule has 0 aliphatic heterocycles. The van der Waals surface area contributed by atoms with Gasteiger partial charge in [-0.05, 0) is 43.2 Å². The number of thiophene rings is 1. The number of nitrogens with zero attached hydrogens (tertiary/aromatic N) is 3. The number of aromatic nitrogens is 3. The first kappa shape index (κ1) is 25.5.